The van der Waals surface area contributed by atoms with Crippen molar-refractivity contribution < 1.29 is 4.74 Å². The number of aliphatic imine (C=N–C) groups is 1. The van der Waals surface area contributed by atoms with Crippen LogP contribution in [0.4, 0.5) is 0 Å². The van der Waals surface area contributed by atoms with Crippen LogP contribution >= 0.6 is 24.0 Å². The number of guanidine groups is 1. The lowest BCUT2D eigenvalue weighted by Gasteiger charge is -2.20. The van der Waals surface area contributed by atoms with Crippen LogP contribution in [0.5, 0.6) is 5.75 Å². The highest BCUT2D eigenvalue weighted by atomic mass is 127. The van der Waals surface area contributed by atoms with Gasteiger partial charge in [-0.15, -0.1) is 24.0 Å². The molecule has 1 aromatic carbocycles. The maximum atomic E-state index is 6.13. The number of benzene rings is 1. The Labute approximate surface area is 151 Å². The summed E-state index contributed by atoms with van der Waals surface area (Å²) in [6.07, 6.45) is 5.26. The van der Waals surface area contributed by atoms with Crippen molar-refractivity contribution in [2.75, 3.05) is 13.1 Å². The van der Waals surface area contributed by atoms with Gasteiger partial charge in [0.05, 0.1) is 12.6 Å². The highest BCUT2D eigenvalue weighted by molar-refractivity contribution is 14.0. The summed E-state index contributed by atoms with van der Waals surface area (Å²) >= 11 is 0. The first-order chi connectivity index (χ1) is 10.2. The van der Waals surface area contributed by atoms with Gasteiger partial charge in [0.2, 0.25) is 0 Å². The van der Waals surface area contributed by atoms with Gasteiger partial charge in [-0.25, -0.2) is 4.99 Å². The molecular formula is C17H28IN3O. The third-order valence-corrected chi connectivity index (χ3v) is 4.07. The predicted molar refractivity (Wildman–Crippen MR) is 103 cm³/mol. The molecule has 0 atom stereocenters. The molecular weight excluding hydrogens is 389 g/mol. The van der Waals surface area contributed by atoms with Gasteiger partial charge in [-0.3, -0.25) is 0 Å². The summed E-state index contributed by atoms with van der Waals surface area (Å²) < 4.78 is 6.13. The van der Waals surface area contributed by atoms with Crippen molar-refractivity contribution in [2.24, 2.45) is 10.7 Å². The van der Waals surface area contributed by atoms with Crippen LogP contribution in [0.1, 0.15) is 45.1 Å². The molecule has 0 unspecified atom stereocenters. The lowest BCUT2D eigenvalue weighted by atomic mass is 10.2. The van der Waals surface area contributed by atoms with E-state index in [0.717, 1.165) is 24.4 Å². The summed E-state index contributed by atoms with van der Waals surface area (Å²) in [4.78, 5) is 6.57. The normalized spacial score (nSPS) is 15.5. The second kappa shape index (κ2) is 9.92. The molecule has 124 valence electrons. The van der Waals surface area contributed by atoms with Crippen LogP contribution in [0.25, 0.3) is 0 Å². The van der Waals surface area contributed by atoms with E-state index in [4.69, 9.17) is 10.5 Å². The van der Waals surface area contributed by atoms with Gasteiger partial charge in [-0.1, -0.05) is 18.2 Å². The number of nitrogens with zero attached hydrogens (tertiary/aromatic N) is 2. The zero-order valence-electron chi connectivity index (χ0n) is 13.6. The number of rotatable bonds is 6. The van der Waals surface area contributed by atoms with E-state index >= 15 is 0 Å². The fourth-order valence-electron chi connectivity index (χ4n) is 2.75. The molecule has 0 heterocycles. The van der Waals surface area contributed by atoms with Gasteiger partial charge in [0, 0.05) is 18.7 Å². The van der Waals surface area contributed by atoms with E-state index in [0.29, 0.717) is 18.6 Å². The topological polar surface area (TPSA) is 50.8 Å². The molecule has 5 heteroatoms. The Morgan fingerprint density at radius 1 is 1.23 bits per heavy atom. The van der Waals surface area contributed by atoms with Gasteiger partial charge in [0.1, 0.15) is 5.75 Å². The Hall–Kier alpha value is -0.980. The fourth-order valence-corrected chi connectivity index (χ4v) is 2.75. The second-order valence-corrected chi connectivity index (χ2v) is 5.48. The number of nitrogens with two attached hydrogens (primary N) is 1. The van der Waals surface area contributed by atoms with Crippen molar-refractivity contribution in [1.29, 1.82) is 0 Å². The smallest absolute Gasteiger partial charge is 0.191 e. The average Bonchev–Trinajstić information content (AvgIpc) is 3.00. The maximum absolute atomic E-state index is 6.13. The third kappa shape index (κ3) is 5.34. The van der Waals surface area contributed by atoms with Crippen molar-refractivity contribution in [2.45, 2.75) is 52.2 Å². The predicted octanol–water partition coefficient (Wildman–Crippen LogP) is 3.78. The molecule has 0 saturated heterocycles. The van der Waals surface area contributed by atoms with Crippen LogP contribution in [-0.4, -0.2) is 30.1 Å². The summed E-state index contributed by atoms with van der Waals surface area (Å²) in [6.45, 7) is 6.51. The molecule has 1 aromatic rings. The summed E-state index contributed by atoms with van der Waals surface area (Å²) in [5.41, 5.74) is 7.15. The first kappa shape index (κ1) is 19.1. The van der Waals surface area contributed by atoms with Crippen molar-refractivity contribution in [3.8, 4) is 5.75 Å². The van der Waals surface area contributed by atoms with Gasteiger partial charge in [-0.05, 0) is 45.6 Å². The van der Waals surface area contributed by atoms with E-state index in [1.165, 1.54) is 25.7 Å². The Kier molecular flexibility index (Phi) is 8.60. The highest BCUT2D eigenvalue weighted by Gasteiger charge is 2.17. The van der Waals surface area contributed by atoms with E-state index in [-0.39, 0.29) is 24.0 Å². The van der Waals surface area contributed by atoms with Crippen LogP contribution in [-0.2, 0) is 6.54 Å². The second-order valence-electron chi connectivity index (χ2n) is 5.48. The third-order valence-electron chi connectivity index (χ3n) is 4.07. The van der Waals surface area contributed by atoms with E-state index in [1.54, 1.807) is 0 Å². The monoisotopic (exact) mass is 417 g/mol. The molecule has 22 heavy (non-hydrogen) atoms. The summed E-state index contributed by atoms with van der Waals surface area (Å²) in [7, 11) is 0. The number of para-hydroxylation sites is 1. The van der Waals surface area contributed by atoms with Crippen molar-refractivity contribution in [3.63, 3.8) is 0 Å². The van der Waals surface area contributed by atoms with Gasteiger partial charge < -0.3 is 15.4 Å². The fraction of sp³-hybridized carbons (Fsp3) is 0.588. The first-order valence-electron chi connectivity index (χ1n) is 8.04. The number of halogens is 1. The van der Waals surface area contributed by atoms with Gasteiger partial charge >= 0.3 is 0 Å². The van der Waals surface area contributed by atoms with Crippen LogP contribution < -0.4 is 10.5 Å². The van der Waals surface area contributed by atoms with Crippen LogP contribution in [0.15, 0.2) is 29.3 Å². The molecule has 0 aliphatic heterocycles. The molecule has 4 nitrogen and oxygen atoms in total. The molecule has 2 N–H and O–H groups in total. The van der Waals surface area contributed by atoms with Crippen molar-refractivity contribution in [3.05, 3.63) is 29.8 Å². The van der Waals surface area contributed by atoms with E-state index in [2.05, 4.69) is 29.8 Å². The molecule has 0 bridgehead atoms. The lowest BCUT2D eigenvalue weighted by molar-refractivity contribution is 0.208. The zero-order valence-corrected chi connectivity index (χ0v) is 16.0. The molecule has 0 radical (unpaired) electrons. The van der Waals surface area contributed by atoms with Crippen molar-refractivity contribution >= 4 is 29.9 Å². The molecule has 1 saturated carbocycles. The summed E-state index contributed by atoms with van der Waals surface area (Å²) in [5, 5.41) is 0. The standard InChI is InChI=1S/C17H27N3O.HI/c1-3-20(4-2)17(18)19-13-14-9-5-8-12-16(14)21-15-10-6-7-11-15;/h5,8-9,12,15H,3-4,6-7,10-11,13H2,1-2H3,(H2,18,19);1H. The Morgan fingerprint density at radius 2 is 1.86 bits per heavy atom. The molecule has 0 aromatic heterocycles. The Morgan fingerprint density at radius 3 is 2.50 bits per heavy atom. The maximum Gasteiger partial charge on any atom is 0.191 e. The summed E-state index contributed by atoms with van der Waals surface area (Å²) in [5.74, 6) is 1.57. The van der Waals surface area contributed by atoms with Crippen LogP contribution in [0.2, 0.25) is 0 Å². The van der Waals surface area contributed by atoms with E-state index in [1.807, 2.05) is 18.2 Å². The number of hydrogen-bond acceptors (Lipinski definition) is 2. The molecule has 1 aliphatic rings. The van der Waals surface area contributed by atoms with Gasteiger partial charge in [0.15, 0.2) is 5.96 Å². The molecule has 1 fully saturated rings. The quantitative estimate of drug-likeness (QED) is 0.436. The molecule has 0 spiro atoms. The minimum atomic E-state index is 0. The molecule has 1 aliphatic carbocycles. The minimum absolute atomic E-state index is 0. The highest BCUT2D eigenvalue weighted by Crippen LogP contribution is 2.27. The number of ether oxygens (including phenoxy) is 1. The largest absolute Gasteiger partial charge is 0.490 e. The minimum Gasteiger partial charge on any atom is -0.490 e. The van der Waals surface area contributed by atoms with Crippen molar-refractivity contribution in [1.82, 2.24) is 4.90 Å². The molecule has 2 rings (SSSR count). The summed E-state index contributed by atoms with van der Waals surface area (Å²) in [6, 6.07) is 8.16. The SMILES string of the molecule is CCN(CC)C(N)=NCc1ccccc1OC1CCCC1.I. The van der Waals surface area contributed by atoms with Gasteiger partial charge in [-0.2, -0.15) is 0 Å². The molecule has 0 amide bonds. The number of hydrogen-bond donors (Lipinski definition) is 1. The van der Waals surface area contributed by atoms with Crippen LogP contribution in [0, 0.1) is 0 Å². The average molecular weight is 417 g/mol. The van der Waals surface area contributed by atoms with E-state index in [9.17, 15) is 0 Å². The zero-order chi connectivity index (χ0) is 15.1. The van der Waals surface area contributed by atoms with E-state index < -0.39 is 0 Å². The van der Waals surface area contributed by atoms with Crippen LogP contribution in [0.3, 0.4) is 0 Å². The Bertz CT molecular complexity index is 469. The lowest BCUT2D eigenvalue weighted by Crippen LogP contribution is -2.37. The Balaban J connectivity index is 0.00000242. The first-order valence-corrected chi connectivity index (χ1v) is 8.04. The van der Waals surface area contributed by atoms with Gasteiger partial charge in [0.25, 0.3) is 0 Å².